The van der Waals surface area contributed by atoms with Crippen LogP contribution < -0.4 is 14.4 Å². The summed E-state index contributed by atoms with van der Waals surface area (Å²) < 4.78 is 31.9. The zero-order valence-corrected chi connectivity index (χ0v) is 20.2. The van der Waals surface area contributed by atoms with Gasteiger partial charge >= 0.3 is 0 Å². The number of carbonyl (C=O) groups is 1. The van der Waals surface area contributed by atoms with E-state index < -0.39 is 16.1 Å². The largest absolute Gasteiger partial charge is 0.497 e. The summed E-state index contributed by atoms with van der Waals surface area (Å²) in [5, 5.41) is 3.12. The number of amides is 1. The van der Waals surface area contributed by atoms with Crippen LogP contribution in [-0.4, -0.2) is 33.7 Å². The van der Waals surface area contributed by atoms with Crippen molar-refractivity contribution < 1.29 is 17.9 Å². The number of rotatable bonds is 9. The Hall–Kier alpha value is -2.54. The first-order valence-electron chi connectivity index (χ1n) is 11.3. The molecule has 7 heteroatoms. The molecule has 0 radical (unpaired) electrons. The average Bonchev–Trinajstić information content (AvgIpc) is 2.79. The van der Waals surface area contributed by atoms with Gasteiger partial charge in [-0.15, -0.1) is 0 Å². The molecule has 2 aromatic rings. The molecule has 0 heterocycles. The Bertz CT molecular complexity index is 1050. The number of anilines is 1. The predicted octanol–water partition coefficient (Wildman–Crippen LogP) is 4.39. The number of hydrogen-bond acceptors (Lipinski definition) is 4. The molecule has 0 bridgehead atoms. The van der Waals surface area contributed by atoms with Crippen LogP contribution >= 0.6 is 0 Å². The van der Waals surface area contributed by atoms with E-state index in [2.05, 4.69) is 23.5 Å². The monoisotopic (exact) mass is 458 g/mol. The zero-order valence-electron chi connectivity index (χ0n) is 19.4. The quantitative estimate of drug-likeness (QED) is 0.605. The van der Waals surface area contributed by atoms with Gasteiger partial charge in [-0.05, 0) is 67.3 Å². The van der Waals surface area contributed by atoms with Crippen molar-refractivity contribution in [2.75, 3.05) is 17.7 Å². The fourth-order valence-electron chi connectivity index (χ4n) is 4.47. The van der Waals surface area contributed by atoms with E-state index in [-0.39, 0.29) is 11.9 Å². The van der Waals surface area contributed by atoms with Gasteiger partial charge in [0.2, 0.25) is 15.9 Å². The first-order chi connectivity index (χ1) is 15.3. The van der Waals surface area contributed by atoms with E-state index in [1.54, 1.807) is 24.3 Å². The van der Waals surface area contributed by atoms with E-state index in [0.717, 1.165) is 31.1 Å². The molecule has 1 aliphatic rings. The average molecular weight is 459 g/mol. The molecular weight excluding hydrogens is 424 g/mol. The lowest BCUT2D eigenvalue weighted by atomic mass is 9.88. The van der Waals surface area contributed by atoms with Crippen molar-refractivity contribution >= 4 is 21.6 Å². The number of methoxy groups -OCH3 is 1. The molecular formula is C25H34N2O4S. The van der Waals surface area contributed by atoms with Crippen molar-refractivity contribution in [3.8, 4) is 5.75 Å². The molecule has 1 aliphatic carbocycles. The van der Waals surface area contributed by atoms with E-state index in [9.17, 15) is 13.2 Å². The minimum absolute atomic E-state index is 0.171. The van der Waals surface area contributed by atoms with Crippen molar-refractivity contribution in [2.45, 2.75) is 64.5 Å². The maximum absolute atomic E-state index is 13.4. The van der Waals surface area contributed by atoms with Crippen LogP contribution in [0.25, 0.3) is 0 Å². The van der Waals surface area contributed by atoms with E-state index >= 15 is 0 Å². The van der Waals surface area contributed by atoms with Crippen molar-refractivity contribution in [2.24, 2.45) is 0 Å². The first-order valence-corrected chi connectivity index (χ1v) is 13.2. The second-order valence-electron chi connectivity index (χ2n) is 8.39. The van der Waals surface area contributed by atoms with Crippen LogP contribution in [0.2, 0.25) is 0 Å². The summed E-state index contributed by atoms with van der Waals surface area (Å²) in [6, 6.07) is 12.2. The van der Waals surface area contributed by atoms with Gasteiger partial charge in [-0.1, -0.05) is 38.1 Å². The van der Waals surface area contributed by atoms with Crippen molar-refractivity contribution in [1.29, 1.82) is 0 Å². The van der Waals surface area contributed by atoms with Gasteiger partial charge in [-0.25, -0.2) is 8.42 Å². The summed E-state index contributed by atoms with van der Waals surface area (Å²) in [4.78, 5) is 13.4. The lowest BCUT2D eigenvalue weighted by molar-refractivity contribution is -0.123. The second-order valence-corrected chi connectivity index (χ2v) is 10.2. The molecule has 2 aromatic carbocycles. The highest BCUT2D eigenvalue weighted by Crippen LogP contribution is 2.29. The molecule has 32 heavy (non-hydrogen) atoms. The highest BCUT2D eigenvalue weighted by molar-refractivity contribution is 7.92. The van der Waals surface area contributed by atoms with Crippen molar-refractivity contribution in [3.05, 3.63) is 59.2 Å². The molecule has 1 N–H and O–H groups in total. The molecule has 2 atom stereocenters. The van der Waals surface area contributed by atoms with Gasteiger partial charge in [0.05, 0.1) is 25.1 Å². The van der Waals surface area contributed by atoms with E-state index in [1.807, 2.05) is 13.8 Å². The molecule has 0 saturated heterocycles. The van der Waals surface area contributed by atoms with Gasteiger partial charge in [0.1, 0.15) is 11.8 Å². The number of aryl methyl sites for hydroxylation is 2. The normalized spacial score (nSPS) is 15.4. The minimum atomic E-state index is -3.70. The Kier molecular flexibility index (Phi) is 7.82. The third-order valence-corrected chi connectivity index (χ3v) is 7.32. The van der Waals surface area contributed by atoms with Crippen LogP contribution in [0.5, 0.6) is 5.75 Å². The van der Waals surface area contributed by atoms with Gasteiger partial charge in [0.15, 0.2) is 0 Å². The zero-order chi connectivity index (χ0) is 23.3. The highest BCUT2D eigenvalue weighted by Gasteiger charge is 2.32. The number of ether oxygens (including phenoxy) is 1. The fourth-order valence-corrected chi connectivity index (χ4v) is 5.67. The molecule has 6 nitrogen and oxygen atoms in total. The Morgan fingerprint density at radius 1 is 1.06 bits per heavy atom. The summed E-state index contributed by atoms with van der Waals surface area (Å²) in [5.41, 5.74) is 4.25. The van der Waals surface area contributed by atoms with Crippen molar-refractivity contribution in [1.82, 2.24) is 5.32 Å². The summed E-state index contributed by atoms with van der Waals surface area (Å²) in [7, 11) is -2.18. The Morgan fingerprint density at radius 2 is 1.78 bits per heavy atom. The van der Waals surface area contributed by atoms with Crippen LogP contribution in [0.1, 0.15) is 62.3 Å². The first kappa shape index (κ1) is 24.1. The smallest absolute Gasteiger partial charge is 0.244 e. The molecule has 0 spiro atoms. The van der Waals surface area contributed by atoms with Gasteiger partial charge < -0.3 is 10.1 Å². The molecule has 0 unspecified atom stereocenters. The second kappa shape index (κ2) is 10.4. The number of hydrogen-bond donors (Lipinski definition) is 1. The maximum Gasteiger partial charge on any atom is 0.244 e. The Balaban J connectivity index is 1.88. The van der Waals surface area contributed by atoms with Gasteiger partial charge in [0, 0.05) is 6.07 Å². The number of sulfonamides is 1. The molecule has 0 saturated carbocycles. The minimum Gasteiger partial charge on any atom is -0.497 e. The Labute approximate surface area is 192 Å². The predicted molar refractivity (Wildman–Crippen MR) is 129 cm³/mol. The SMILES string of the molecule is CC[C@H](NC(=O)[C@@H](CC)N(c1cccc(OC)c1)S(C)(=O)=O)c1ccc2c(c1)CCCC2. The van der Waals surface area contributed by atoms with E-state index in [1.165, 1.54) is 35.4 Å². The topological polar surface area (TPSA) is 75.7 Å². The molecule has 1 amide bonds. The van der Waals surface area contributed by atoms with Gasteiger partial charge in [0.25, 0.3) is 0 Å². The Morgan fingerprint density at radius 3 is 2.41 bits per heavy atom. The lowest BCUT2D eigenvalue weighted by Crippen LogP contribution is -2.50. The maximum atomic E-state index is 13.4. The summed E-state index contributed by atoms with van der Waals surface area (Å²) in [5.74, 6) is 0.234. The lowest BCUT2D eigenvalue weighted by Gasteiger charge is -2.32. The summed E-state index contributed by atoms with van der Waals surface area (Å²) >= 11 is 0. The van der Waals surface area contributed by atoms with Crippen molar-refractivity contribution in [3.63, 3.8) is 0 Å². The van der Waals surface area contributed by atoms with Gasteiger partial charge in [-0.2, -0.15) is 0 Å². The number of benzene rings is 2. The fraction of sp³-hybridized carbons (Fsp3) is 0.480. The summed E-state index contributed by atoms with van der Waals surface area (Å²) in [6.07, 6.45) is 6.80. The number of nitrogens with zero attached hydrogens (tertiary/aromatic N) is 1. The molecule has 0 fully saturated rings. The number of carbonyl (C=O) groups excluding carboxylic acids is 1. The highest BCUT2D eigenvalue weighted by atomic mass is 32.2. The standard InChI is InChI=1S/C25H34N2O4S/c1-5-23(20-15-14-18-10-7-8-11-19(18)16-20)26-25(28)24(6-2)27(32(4,29)30)21-12-9-13-22(17-21)31-3/h9,12-17,23-24H,5-8,10-11H2,1-4H3,(H,26,28)/t23-,24+/m0/s1. The van der Waals surface area contributed by atoms with Gasteiger partial charge in [-0.3, -0.25) is 9.10 Å². The van der Waals surface area contributed by atoms with E-state index in [4.69, 9.17) is 4.74 Å². The number of nitrogens with one attached hydrogen (secondary N) is 1. The third kappa shape index (κ3) is 5.44. The molecule has 3 rings (SSSR count). The van der Waals surface area contributed by atoms with E-state index in [0.29, 0.717) is 17.9 Å². The van der Waals surface area contributed by atoms with Crippen LogP contribution in [0.4, 0.5) is 5.69 Å². The van der Waals surface area contributed by atoms with Crippen LogP contribution in [0, 0.1) is 0 Å². The molecule has 174 valence electrons. The third-order valence-electron chi connectivity index (χ3n) is 6.14. The molecule has 0 aromatic heterocycles. The van der Waals surface area contributed by atoms with Crippen LogP contribution in [0.15, 0.2) is 42.5 Å². The molecule has 0 aliphatic heterocycles. The summed E-state index contributed by atoms with van der Waals surface area (Å²) in [6.45, 7) is 3.85. The van der Waals surface area contributed by atoms with Crippen LogP contribution in [0.3, 0.4) is 0 Å². The van der Waals surface area contributed by atoms with Crippen LogP contribution in [-0.2, 0) is 27.7 Å². The number of fused-ring (bicyclic) bond motifs is 1.